The topological polar surface area (TPSA) is 54.2 Å². The van der Waals surface area contributed by atoms with Gasteiger partial charge in [-0.2, -0.15) is 0 Å². The molecule has 2 aromatic rings. The van der Waals surface area contributed by atoms with Crippen molar-refractivity contribution in [3.05, 3.63) is 30.5 Å². The van der Waals surface area contributed by atoms with Gasteiger partial charge in [0.15, 0.2) is 0 Å². The lowest BCUT2D eigenvalue weighted by Gasteiger charge is -2.13. The van der Waals surface area contributed by atoms with Gasteiger partial charge in [0.05, 0.1) is 11.2 Å². The molecular formula is C13H18N4. The summed E-state index contributed by atoms with van der Waals surface area (Å²) < 4.78 is 0. The Labute approximate surface area is 101 Å². The Morgan fingerprint density at radius 1 is 1.29 bits per heavy atom. The summed E-state index contributed by atoms with van der Waals surface area (Å²) in [7, 11) is 4.11. The SMILES string of the molecule is CN(C)CCNc1ccc(N)c2cccnc12. The smallest absolute Gasteiger partial charge is 0.0953 e. The summed E-state index contributed by atoms with van der Waals surface area (Å²) in [5, 5.41) is 4.39. The van der Waals surface area contributed by atoms with Gasteiger partial charge < -0.3 is 16.0 Å². The molecule has 0 amide bonds. The van der Waals surface area contributed by atoms with Crippen molar-refractivity contribution in [3.63, 3.8) is 0 Å². The minimum absolute atomic E-state index is 0.770. The molecule has 0 unspecified atom stereocenters. The Hall–Kier alpha value is -1.81. The van der Waals surface area contributed by atoms with Gasteiger partial charge in [-0.1, -0.05) is 0 Å². The van der Waals surface area contributed by atoms with Crippen molar-refractivity contribution in [2.24, 2.45) is 0 Å². The van der Waals surface area contributed by atoms with Crippen LogP contribution in [-0.2, 0) is 0 Å². The molecule has 2 rings (SSSR count). The third-order valence-corrected chi connectivity index (χ3v) is 2.68. The number of benzene rings is 1. The van der Waals surface area contributed by atoms with Crippen molar-refractivity contribution < 1.29 is 0 Å². The lowest BCUT2D eigenvalue weighted by atomic mass is 10.1. The Balaban J connectivity index is 2.26. The number of pyridine rings is 1. The monoisotopic (exact) mass is 230 g/mol. The Kier molecular flexibility index (Phi) is 3.44. The fourth-order valence-electron chi connectivity index (χ4n) is 1.75. The molecule has 0 fully saturated rings. The van der Waals surface area contributed by atoms with Gasteiger partial charge in [-0.15, -0.1) is 0 Å². The second-order valence-corrected chi connectivity index (χ2v) is 4.33. The average molecular weight is 230 g/mol. The van der Waals surface area contributed by atoms with Gasteiger partial charge in [0.2, 0.25) is 0 Å². The zero-order valence-corrected chi connectivity index (χ0v) is 10.3. The highest BCUT2D eigenvalue weighted by Crippen LogP contribution is 2.25. The van der Waals surface area contributed by atoms with E-state index in [1.54, 1.807) is 6.20 Å². The van der Waals surface area contributed by atoms with Crippen LogP contribution in [0, 0.1) is 0 Å². The molecule has 0 saturated heterocycles. The average Bonchev–Trinajstić information content (AvgIpc) is 2.32. The van der Waals surface area contributed by atoms with Crippen LogP contribution in [0.25, 0.3) is 10.9 Å². The molecule has 0 spiro atoms. The number of nitrogens with one attached hydrogen (secondary N) is 1. The van der Waals surface area contributed by atoms with Crippen LogP contribution in [0.5, 0.6) is 0 Å². The number of likely N-dealkylation sites (N-methyl/N-ethyl adjacent to an activating group) is 1. The molecule has 0 saturated carbocycles. The van der Waals surface area contributed by atoms with Crippen LogP contribution in [0.3, 0.4) is 0 Å². The third kappa shape index (κ3) is 2.65. The molecule has 0 aliphatic rings. The Morgan fingerprint density at radius 2 is 2.12 bits per heavy atom. The van der Waals surface area contributed by atoms with Gasteiger partial charge in [-0.05, 0) is 38.4 Å². The van der Waals surface area contributed by atoms with Crippen LogP contribution >= 0.6 is 0 Å². The maximum absolute atomic E-state index is 5.93. The predicted molar refractivity (Wildman–Crippen MR) is 73.2 cm³/mol. The van der Waals surface area contributed by atoms with Crippen LogP contribution in [0.4, 0.5) is 11.4 Å². The fourth-order valence-corrected chi connectivity index (χ4v) is 1.75. The summed E-state index contributed by atoms with van der Waals surface area (Å²) in [6, 6.07) is 7.80. The highest BCUT2D eigenvalue weighted by atomic mass is 15.1. The number of nitrogens with zero attached hydrogens (tertiary/aromatic N) is 2. The molecule has 4 heteroatoms. The van der Waals surface area contributed by atoms with Crippen LogP contribution in [0.1, 0.15) is 0 Å². The normalized spacial score (nSPS) is 11.0. The molecule has 1 aromatic heterocycles. The van der Waals surface area contributed by atoms with E-state index in [-0.39, 0.29) is 0 Å². The predicted octanol–water partition coefficient (Wildman–Crippen LogP) is 1.79. The van der Waals surface area contributed by atoms with E-state index in [1.807, 2.05) is 24.3 Å². The maximum Gasteiger partial charge on any atom is 0.0953 e. The summed E-state index contributed by atoms with van der Waals surface area (Å²) in [5.41, 5.74) is 8.67. The molecule has 0 bridgehead atoms. The lowest BCUT2D eigenvalue weighted by Crippen LogP contribution is -2.20. The van der Waals surface area contributed by atoms with E-state index >= 15 is 0 Å². The van der Waals surface area contributed by atoms with Crippen molar-refractivity contribution in [2.75, 3.05) is 38.2 Å². The molecule has 1 heterocycles. The molecule has 1 aromatic carbocycles. The molecule has 0 radical (unpaired) electrons. The van der Waals surface area contributed by atoms with Gasteiger partial charge in [0, 0.05) is 30.4 Å². The molecule has 4 nitrogen and oxygen atoms in total. The van der Waals surface area contributed by atoms with Gasteiger partial charge in [-0.3, -0.25) is 4.98 Å². The molecular weight excluding hydrogens is 212 g/mol. The third-order valence-electron chi connectivity index (χ3n) is 2.68. The van der Waals surface area contributed by atoms with Gasteiger partial charge in [0.1, 0.15) is 0 Å². The van der Waals surface area contributed by atoms with E-state index in [4.69, 9.17) is 5.73 Å². The van der Waals surface area contributed by atoms with E-state index in [0.717, 1.165) is 35.4 Å². The van der Waals surface area contributed by atoms with E-state index in [2.05, 4.69) is 29.3 Å². The number of rotatable bonds is 4. The lowest BCUT2D eigenvalue weighted by molar-refractivity contribution is 0.425. The molecule has 17 heavy (non-hydrogen) atoms. The molecule has 0 atom stereocenters. The largest absolute Gasteiger partial charge is 0.398 e. The first-order valence-electron chi connectivity index (χ1n) is 5.70. The van der Waals surface area contributed by atoms with E-state index < -0.39 is 0 Å². The number of aromatic nitrogens is 1. The van der Waals surface area contributed by atoms with Crippen LogP contribution in [-0.4, -0.2) is 37.1 Å². The number of nitrogens with two attached hydrogens (primary N) is 1. The van der Waals surface area contributed by atoms with Gasteiger partial charge in [0.25, 0.3) is 0 Å². The van der Waals surface area contributed by atoms with E-state index in [0.29, 0.717) is 0 Å². The maximum atomic E-state index is 5.93. The second-order valence-electron chi connectivity index (χ2n) is 4.33. The second kappa shape index (κ2) is 5.01. The summed E-state index contributed by atoms with van der Waals surface area (Å²) >= 11 is 0. The standard InChI is InChI=1S/C13H18N4/c1-17(2)9-8-15-12-6-5-11(14)10-4-3-7-16-13(10)12/h3-7,15H,8-9,14H2,1-2H3. The molecule has 0 aliphatic carbocycles. The zero-order valence-electron chi connectivity index (χ0n) is 10.3. The van der Waals surface area contributed by atoms with Crippen molar-refractivity contribution in [1.82, 2.24) is 9.88 Å². The van der Waals surface area contributed by atoms with E-state index in [1.165, 1.54) is 0 Å². The summed E-state index contributed by atoms with van der Waals surface area (Å²) in [4.78, 5) is 6.52. The van der Waals surface area contributed by atoms with Crippen LogP contribution in [0.15, 0.2) is 30.5 Å². The highest BCUT2D eigenvalue weighted by molar-refractivity contribution is 5.98. The number of anilines is 2. The number of nitrogen functional groups attached to an aromatic ring is 1. The molecule has 90 valence electrons. The van der Waals surface area contributed by atoms with Crippen LogP contribution in [0.2, 0.25) is 0 Å². The van der Waals surface area contributed by atoms with Crippen molar-refractivity contribution in [2.45, 2.75) is 0 Å². The first-order valence-corrected chi connectivity index (χ1v) is 5.70. The van der Waals surface area contributed by atoms with E-state index in [9.17, 15) is 0 Å². The fraction of sp³-hybridized carbons (Fsp3) is 0.308. The summed E-state index contributed by atoms with van der Waals surface area (Å²) in [6.45, 7) is 1.88. The number of hydrogen-bond donors (Lipinski definition) is 2. The highest BCUT2D eigenvalue weighted by Gasteiger charge is 2.04. The number of fused-ring (bicyclic) bond motifs is 1. The Bertz CT molecular complexity index is 508. The zero-order chi connectivity index (χ0) is 12.3. The van der Waals surface area contributed by atoms with Gasteiger partial charge >= 0.3 is 0 Å². The molecule has 0 aliphatic heterocycles. The van der Waals surface area contributed by atoms with Crippen molar-refractivity contribution in [3.8, 4) is 0 Å². The first-order chi connectivity index (χ1) is 8.18. The summed E-state index contributed by atoms with van der Waals surface area (Å²) in [6.07, 6.45) is 1.79. The summed E-state index contributed by atoms with van der Waals surface area (Å²) in [5.74, 6) is 0. The van der Waals surface area contributed by atoms with Crippen LogP contribution < -0.4 is 11.1 Å². The van der Waals surface area contributed by atoms with Gasteiger partial charge in [-0.25, -0.2) is 0 Å². The first kappa shape index (κ1) is 11.7. The van der Waals surface area contributed by atoms with Crippen molar-refractivity contribution >= 4 is 22.3 Å². The minimum atomic E-state index is 0.770. The minimum Gasteiger partial charge on any atom is -0.398 e. The quantitative estimate of drug-likeness (QED) is 0.786. The number of hydrogen-bond acceptors (Lipinski definition) is 4. The Morgan fingerprint density at radius 3 is 2.88 bits per heavy atom. The molecule has 3 N–H and O–H groups in total. The van der Waals surface area contributed by atoms with Crippen molar-refractivity contribution in [1.29, 1.82) is 0 Å².